The number of rotatable bonds is 4. The van der Waals surface area contributed by atoms with Crippen molar-refractivity contribution < 1.29 is 14.3 Å². The summed E-state index contributed by atoms with van der Waals surface area (Å²) in [7, 11) is 3.17. The highest BCUT2D eigenvalue weighted by molar-refractivity contribution is 5.90. The van der Waals surface area contributed by atoms with E-state index in [1.54, 1.807) is 26.4 Å². The van der Waals surface area contributed by atoms with Gasteiger partial charge in [-0.15, -0.1) is 0 Å². The summed E-state index contributed by atoms with van der Waals surface area (Å²) in [4.78, 5) is 15.4. The molecule has 1 aromatic heterocycles. The molecule has 2 amide bonds. The number of urea groups is 1. The van der Waals surface area contributed by atoms with Gasteiger partial charge in [-0.2, -0.15) is 0 Å². The lowest BCUT2D eigenvalue weighted by molar-refractivity contribution is 0.162. The number of nitrogens with one attached hydrogen (secondary N) is 1. The maximum Gasteiger partial charge on any atom is 0.322 e. The Labute approximate surface area is 177 Å². The van der Waals surface area contributed by atoms with Gasteiger partial charge in [-0.05, 0) is 41.8 Å². The minimum atomic E-state index is -0.148. The van der Waals surface area contributed by atoms with E-state index in [-0.39, 0.29) is 18.0 Å². The predicted octanol–water partition coefficient (Wildman–Crippen LogP) is 5.24. The number of hydrogen-bond acceptors (Lipinski definition) is 3. The summed E-state index contributed by atoms with van der Waals surface area (Å²) < 4.78 is 12.9. The maximum atomic E-state index is 13.5. The molecule has 3 aromatic rings. The number of fused-ring (bicyclic) bond motifs is 3. The Hall–Kier alpha value is -3.41. The first-order valence-corrected chi connectivity index (χ1v) is 10.1. The van der Waals surface area contributed by atoms with Gasteiger partial charge in [0, 0.05) is 23.6 Å². The lowest BCUT2D eigenvalue weighted by Crippen LogP contribution is -2.39. The number of ether oxygens (including phenoxy) is 2. The van der Waals surface area contributed by atoms with E-state index in [0.29, 0.717) is 23.7 Å². The smallest absolute Gasteiger partial charge is 0.322 e. The number of amides is 2. The van der Waals surface area contributed by atoms with Crippen LogP contribution >= 0.6 is 0 Å². The van der Waals surface area contributed by atoms with E-state index in [9.17, 15) is 4.79 Å². The molecule has 1 N–H and O–H groups in total. The zero-order valence-corrected chi connectivity index (χ0v) is 17.8. The van der Waals surface area contributed by atoms with Crippen LogP contribution in [0.15, 0.2) is 60.8 Å². The SMILES string of the molecule is COc1ccc(NC(=O)N2Cc3ccccc3-n3cccc3C2C(C)C)cc1OC. The molecule has 0 aliphatic carbocycles. The number of benzene rings is 2. The van der Waals surface area contributed by atoms with Gasteiger partial charge in [0.05, 0.1) is 32.5 Å². The van der Waals surface area contributed by atoms with Crippen molar-refractivity contribution in [3.05, 3.63) is 72.1 Å². The van der Waals surface area contributed by atoms with Gasteiger partial charge in [-0.25, -0.2) is 4.79 Å². The monoisotopic (exact) mass is 405 g/mol. The molecule has 0 saturated carbocycles. The third kappa shape index (κ3) is 3.49. The number of hydrogen-bond donors (Lipinski definition) is 1. The van der Waals surface area contributed by atoms with Crippen LogP contribution in [0.5, 0.6) is 11.5 Å². The second-order valence-electron chi connectivity index (χ2n) is 7.75. The second-order valence-corrected chi connectivity index (χ2v) is 7.75. The van der Waals surface area contributed by atoms with Gasteiger partial charge in [0.15, 0.2) is 11.5 Å². The Morgan fingerprint density at radius 2 is 1.80 bits per heavy atom. The first kappa shape index (κ1) is 19.9. The highest BCUT2D eigenvalue weighted by atomic mass is 16.5. The topological polar surface area (TPSA) is 55.7 Å². The number of carbonyl (C=O) groups is 1. The summed E-state index contributed by atoms with van der Waals surface area (Å²) in [5.41, 5.74) is 4.00. The summed E-state index contributed by atoms with van der Waals surface area (Å²) >= 11 is 0. The van der Waals surface area contributed by atoms with Crippen LogP contribution in [0, 0.1) is 5.92 Å². The standard InChI is InChI=1S/C24H27N3O3/c1-16(2)23-20-10-7-13-26(20)19-9-6-5-8-17(19)15-27(23)24(28)25-18-11-12-21(29-3)22(14-18)30-4/h5-14,16,23H,15H2,1-4H3,(H,25,28). The molecule has 6 nitrogen and oxygen atoms in total. The Morgan fingerprint density at radius 1 is 1.03 bits per heavy atom. The lowest BCUT2D eigenvalue weighted by atomic mass is 9.99. The van der Waals surface area contributed by atoms with Crippen molar-refractivity contribution in [2.24, 2.45) is 5.92 Å². The number of nitrogens with zero attached hydrogens (tertiary/aromatic N) is 2. The van der Waals surface area contributed by atoms with Gasteiger partial charge in [0.25, 0.3) is 0 Å². The zero-order chi connectivity index (χ0) is 21.3. The van der Waals surface area contributed by atoms with Crippen molar-refractivity contribution in [2.75, 3.05) is 19.5 Å². The van der Waals surface area contributed by atoms with Gasteiger partial charge in [-0.1, -0.05) is 32.0 Å². The van der Waals surface area contributed by atoms with Crippen LogP contribution in [0.2, 0.25) is 0 Å². The molecule has 1 unspecified atom stereocenters. The normalized spacial score (nSPS) is 15.2. The largest absolute Gasteiger partial charge is 0.493 e. The van der Waals surface area contributed by atoms with Crippen molar-refractivity contribution >= 4 is 11.7 Å². The lowest BCUT2D eigenvalue weighted by Gasteiger charge is -2.33. The van der Waals surface area contributed by atoms with Gasteiger partial charge >= 0.3 is 6.03 Å². The Bertz CT molecular complexity index is 1060. The van der Waals surface area contributed by atoms with Gasteiger partial charge in [0.1, 0.15) is 0 Å². The van der Waals surface area contributed by atoms with Crippen LogP contribution in [0.4, 0.5) is 10.5 Å². The molecule has 1 aliphatic heterocycles. The second kappa shape index (κ2) is 8.14. The van der Waals surface area contributed by atoms with Gasteiger partial charge < -0.3 is 24.3 Å². The summed E-state index contributed by atoms with van der Waals surface area (Å²) in [5.74, 6) is 1.44. The van der Waals surface area contributed by atoms with Crippen LogP contribution in [0.3, 0.4) is 0 Å². The van der Waals surface area contributed by atoms with Gasteiger partial charge in [-0.3, -0.25) is 0 Å². The number of methoxy groups -OCH3 is 2. The molecule has 2 aromatic carbocycles. The molecule has 156 valence electrons. The minimum absolute atomic E-state index is 0.0625. The molecule has 6 heteroatoms. The Morgan fingerprint density at radius 3 is 2.53 bits per heavy atom. The molecule has 0 spiro atoms. The van der Waals surface area contributed by atoms with Crippen LogP contribution < -0.4 is 14.8 Å². The highest BCUT2D eigenvalue weighted by Crippen LogP contribution is 2.37. The fraction of sp³-hybridized carbons (Fsp3) is 0.292. The maximum absolute atomic E-state index is 13.5. The van der Waals surface area contributed by atoms with Crippen molar-refractivity contribution in [3.63, 3.8) is 0 Å². The van der Waals surface area contributed by atoms with E-state index in [1.807, 2.05) is 29.2 Å². The fourth-order valence-corrected chi connectivity index (χ4v) is 4.18. The average Bonchev–Trinajstić information content (AvgIpc) is 3.17. The summed E-state index contributed by atoms with van der Waals surface area (Å²) in [6.45, 7) is 4.82. The summed E-state index contributed by atoms with van der Waals surface area (Å²) in [6, 6.07) is 17.5. The molecule has 0 bridgehead atoms. The molecule has 4 rings (SSSR count). The van der Waals surface area contributed by atoms with E-state index in [0.717, 1.165) is 16.9 Å². The quantitative estimate of drug-likeness (QED) is 0.646. The summed E-state index contributed by atoms with van der Waals surface area (Å²) in [5, 5.41) is 3.05. The minimum Gasteiger partial charge on any atom is -0.493 e. The molecule has 0 radical (unpaired) electrons. The first-order chi connectivity index (χ1) is 14.5. The van der Waals surface area contributed by atoms with E-state index in [4.69, 9.17) is 9.47 Å². The van der Waals surface area contributed by atoms with Crippen LogP contribution in [0.1, 0.15) is 31.1 Å². The summed E-state index contributed by atoms with van der Waals surface area (Å²) in [6.07, 6.45) is 2.07. The van der Waals surface area contributed by atoms with E-state index < -0.39 is 0 Å². The molecule has 0 fully saturated rings. The third-order valence-electron chi connectivity index (χ3n) is 5.54. The van der Waals surface area contributed by atoms with Crippen LogP contribution in [-0.2, 0) is 6.54 Å². The number of carbonyl (C=O) groups excluding carboxylic acids is 1. The Balaban J connectivity index is 1.71. The molecular formula is C24H27N3O3. The van der Waals surface area contributed by atoms with Crippen LogP contribution in [0.25, 0.3) is 5.69 Å². The van der Waals surface area contributed by atoms with Gasteiger partial charge in [0.2, 0.25) is 0 Å². The molecule has 1 aliphatic rings. The first-order valence-electron chi connectivity index (χ1n) is 10.1. The van der Waals surface area contributed by atoms with Crippen molar-refractivity contribution in [1.29, 1.82) is 0 Å². The molecule has 1 atom stereocenters. The van der Waals surface area contributed by atoms with E-state index in [2.05, 4.69) is 48.1 Å². The molecule has 2 heterocycles. The van der Waals surface area contributed by atoms with E-state index in [1.165, 1.54) is 0 Å². The highest BCUT2D eigenvalue weighted by Gasteiger charge is 2.33. The number of aromatic nitrogens is 1. The Kier molecular flexibility index (Phi) is 5.40. The zero-order valence-electron chi connectivity index (χ0n) is 17.8. The average molecular weight is 405 g/mol. The predicted molar refractivity (Wildman–Crippen MR) is 117 cm³/mol. The van der Waals surface area contributed by atoms with Crippen molar-refractivity contribution in [1.82, 2.24) is 9.47 Å². The molecule has 0 saturated heterocycles. The number of anilines is 1. The van der Waals surface area contributed by atoms with Crippen LogP contribution in [-0.4, -0.2) is 29.7 Å². The fourth-order valence-electron chi connectivity index (χ4n) is 4.18. The van der Waals surface area contributed by atoms with E-state index >= 15 is 0 Å². The number of para-hydroxylation sites is 1. The third-order valence-corrected chi connectivity index (χ3v) is 5.54. The van der Waals surface area contributed by atoms with Crippen molar-refractivity contribution in [2.45, 2.75) is 26.4 Å². The molecular weight excluding hydrogens is 378 g/mol. The van der Waals surface area contributed by atoms with Crippen molar-refractivity contribution in [3.8, 4) is 17.2 Å². The molecule has 30 heavy (non-hydrogen) atoms.